The summed E-state index contributed by atoms with van der Waals surface area (Å²) in [5.74, 6) is -0.701. The largest absolute Gasteiger partial charge is 0.465 e. The highest BCUT2D eigenvalue weighted by Gasteiger charge is 2.20. The third-order valence-electron chi connectivity index (χ3n) is 5.42. The van der Waals surface area contributed by atoms with E-state index in [2.05, 4.69) is 45.9 Å². The predicted molar refractivity (Wildman–Crippen MR) is 136 cm³/mol. The number of hydrogen-bond donors (Lipinski definition) is 0. The third-order valence-corrected chi connectivity index (χ3v) is 5.42. The van der Waals surface area contributed by atoms with Crippen molar-refractivity contribution < 1.29 is 23.5 Å². The van der Waals surface area contributed by atoms with Crippen LogP contribution in [0.25, 0.3) is 28.9 Å². The van der Waals surface area contributed by atoms with Gasteiger partial charge >= 0.3 is 11.9 Å². The summed E-state index contributed by atoms with van der Waals surface area (Å²) in [5.41, 5.74) is 5.05. The molecule has 0 saturated carbocycles. The van der Waals surface area contributed by atoms with E-state index < -0.39 is 11.9 Å². The Morgan fingerprint density at radius 3 is 1.66 bits per heavy atom. The molecule has 3 aromatic carbocycles. The van der Waals surface area contributed by atoms with E-state index in [0.717, 1.165) is 27.8 Å². The van der Waals surface area contributed by atoms with Crippen LogP contribution >= 0.6 is 0 Å². The fraction of sp³-hybridized carbons (Fsp3) is 0.0667. The molecule has 4 rings (SSSR count). The van der Waals surface area contributed by atoms with Gasteiger partial charge in [-0.3, -0.25) is 0 Å². The van der Waals surface area contributed by atoms with Crippen molar-refractivity contribution in [3.63, 3.8) is 0 Å². The van der Waals surface area contributed by atoms with Crippen molar-refractivity contribution in [1.82, 2.24) is 0 Å². The number of carbonyl (C=O) groups excluding carboxylic acids is 2. The highest BCUT2D eigenvalue weighted by atomic mass is 16.5. The van der Waals surface area contributed by atoms with Crippen molar-refractivity contribution in [3.8, 4) is 11.1 Å². The van der Waals surface area contributed by atoms with Gasteiger partial charge in [-0.1, -0.05) is 84.9 Å². The van der Waals surface area contributed by atoms with Gasteiger partial charge in [0.25, 0.3) is 0 Å². The molecule has 0 saturated heterocycles. The number of methoxy groups -OCH3 is 2. The average molecular weight is 465 g/mol. The molecule has 0 aliphatic rings. The number of ether oxygens (including phenoxy) is 2. The van der Waals surface area contributed by atoms with E-state index in [4.69, 9.17) is 4.42 Å². The second-order valence-corrected chi connectivity index (χ2v) is 7.65. The average Bonchev–Trinajstić information content (AvgIpc) is 3.37. The lowest BCUT2D eigenvalue weighted by atomic mass is 9.95. The van der Waals surface area contributed by atoms with Gasteiger partial charge in [0.2, 0.25) is 0 Å². The fourth-order valence-electron chi connectivity index (χ4n) is 3.65. The summed E-state index contributed by atoms with van der Waals surface area (Å²) in [6.07, 6.45) is 3.24. The van der Waals surface area contributed by atoms with Crippen LogP contribution in [0.4, 0.5) is 0 Å². The standard InChI is InChI=1S/C30H24O5/c1-33-29(31)28(30(32)34-2)20-26-18-17-25(35-26)19-27(23-11-7-4-8-12-23)24-15-13-22(14-16-24)21-9-5-3-6-10-21/h3-20H,1-2H3/b27-19+. The van der Waals surface area contributed by atoms with Crippen molar-refractivity contribution in [2.24, 2.45) is 0 Å². The number of furan rings is 1. The molecule has 5 heteroatoms. The Morgan fingerprint density at radius 2 is 1.09 bits per heavy atom. The lowest BCUT2D eigenvalue weighted by molar-refractivity contribution is -0.143. The highest BCUT2D eigenvalue weighted by Crippen LogP contribution is 2.29. The maximum Gasteiger partial charge on any atom is 0.345 e. The van der Waals surface area contributed by atoms with Crippen molar-refractivity contribution in [3.05, 3.63) is 125 Å². The molecular weight excluding hydrogens is 440 g/mol. The van der Waals surface area contributed by atoms with Gasteiger partial charge in [-0.2, -0.15) is 0 Å². The smallest absolute Gasteiger partial charge is 0.345 e. The molecule has 0 aliphatic heterocycles. The van der Waals surface area contributed by atoms with Gasteiger partial charge in [-0.15, -0.1) is 0 Å². The van der Waals surface area contributed by atoms with Crippen LogP contribution in [0.5, 0.6) is 0 Å². The van der Waals surface area contributed by atoms with Crippen molar-refractivity contribution >= 4 is 29.7 Å². The van der Waals surface area contributed by atoms with Crippen LogP contribution < -0.4 is 0 Å². The van der Waals surface area contributed by atoms with E-state index in [9.17, 15) is 9.59 Å². The quantitative estimate of drug-likeness (QED) is 0.140. The number of carbonyl (C=O) groups is 2. The summed E-state index contributed by atoms with van der Waals surface area (Å²) in [7, 11) is 2.40. The Bertz CT molecular complexity index is 1340. The van der Waals surface area contributed by atoms with E-state index >= 15 is 0 Å². The van der Waals surface area contributed by atoms with Gasteiger partial charge < -0.3 is 13.9 Å². The Kier molecular flexibility index (Phi) is 7.38. The third kappa shape index (κ3) is 5.65. The van der Waals surface area contributed by atoms with Crippen molar-refractivity contribution in [1.29, 1.82) is 0 Å². The van der Waals surface area contributed by atoms with Gasteiger partial charge in [0, 0.05) is 6.08 Å². The maximum absolute atomic E-state index is 12.0. The molecule has 0 fully saturated rings. The molecule has 0 unspecified atom stereocenters. The van der Waals surface area contributed by atoms with Gasteiger partial charge in [0.1, 0.15) is 17.1 Å². The number of benzene rings is 3. The van der Waals surface area contributed by atoms with Gasteiger partial charge in [-0.25, -0.2) is 9.59 Å². The van der Waals surface area contributed by atoms with Crippen LogP contribution in [-0.4, -0.2) is 26.2 Å². The Labute approximate surface area is 203 Å². The zero-order valence-corrected chi connectivity index (χ0v) is 19.4. The first-order chi connectivity index (χ1) is 17.1. The summed E-state index contributed by atoms with van der Waals surface area (Å²) in [6.45, 7) is 0. The summed E-state index contributed by atoms with van der Waals surface area (Å²) in [4.78, 5) is 23.9. The number of hydrogen-bond acceptors (Lipinski definition) is 5. The maximum atomic E-state index is 12.0. The molecule has 0 N–H and O–H groups in total. The molecule has 1 heterocycles. The second kappa shape index (κ2) is 11.0. The Hall–Kier alpha value is -4.64. The normalized spacial score (nSPS) is 11.0. The van der Waals surface area contributed by atoms with E-state index in [1.807, 2.05) is 54.6 Å². The first kappa shape index (κ1) is 23.5. The lowest BCUT2D eigenvalue weighted by Gasteiger charge is -2.10. The SMILES string of the molecule is COC(=O)C(=Cc1ccc(/C=C(\c2ccccc2)c2ccc(-c3ccccc3)cc2)o1)C(=O)OC. The molecule has 0 amide bonds. The highest BCUT2D eigenvalue weighted by molar-refractivity contribution is 6.17. The second-order valence-electron chi connectivity index (χ2n) is 7.65. The van der Waals surface area contributed by atoms with Gasteiger partial charge in [0.05, 0.1) is 14.2 Å². The van der Waals surface area contributed by atoms with Crippen LogP contribution in [-0.2, 0) is 19.1 Å². The molecule has 0 aliphatic carbocycles. The zero-order valence-electron chi connectivity index (χ0n) is 19.4. The zero-order chi connectivity index (χ0) is 24.6. The first-order valence-electron chi connectivity index (χ1n) is 11.0. The van der Waals surface area contributed by atoms with E-state index in [1.165, 1.54) is 20.3 Å². The molecule has 35 heavy (non-hydrogen) atoms. The summed E-state index contributed by atoms with van der Waals surface area (Å²) >= 11 is 0. The molecule has 0 atom stereocenters. The molecule has 4 aromatic rings. The lowest BCUT2D eigenvalue weighted by Crippen LogP contribution is -2.15. The first-order valence-corrected chi connectivity index (χ1v) is 11.0. The van der Waals surface area contributed by atoms with E-state index in [0.29, 0.717) is 11.5 Å². The minimum atomic E-state index is -0.797. The molecule has 0 radical (unpaired) electrons. The van der Waals surface area contributed by atoms with E-state index in [-0.39, 0.29) is 5.57 Å². The van der Waals surface area contributed by atoms with Crippen LogP contribution in [0, 0.1) is 0 Å². The number of rotatable bonds is 7. The molecule has 174 valence electrons. The fourth-order valence-corrected chi connectivity index (χ4v) is 3.65. The number of esters is 2. The Balaban J connectivity index is 1.71. The molecule has 1 aromatic heterocycles. The topological polar surface area (TPSA) is 65.7 Å². The van der Waals surface area contributed by atoms with Crippen LogP contribution in [0.15, 0.2) is 107 Å². The summed E-state index contributed by atoms with van der Waals surface area (Å²) in [6, 6.07) is 32.0. The van der Waals surface area contributed by atoms with Crippen molar-refractivity contribution in [2.75, 3.05) is 14.2 Å². The molecule has 5 nitrogen and oxygen atoms in total. The predicted octanol–water partition coefficient (Wildman–Crippen LogP) is 6.26. The minimum Gasteiger partial charge on any atom is -0.465 e. The molecule has 0 bridgehead atoms. The minimum absolute atomic E-state index is 0.250. The Morgan fingerprint density at radius 1 is 0.600 bits per heavy atom. The molecule has 0 spiro atoms. The van der Waals surface area contributed by atoms with Crippen LogP contribution in [0.3, 0.4) is 0 Å². The molecular formula is C30H24O5. The van der Waals surface area contributed by atoms with Crippen molar-refractivity contribution in [2.45, 2.75) is 0 Å². The van der Waals surface area contributed by atoms with Gasteiger partial charge in [-0.05, 0) is 46.0 Å². The summed E-state index contributed by atoms with van der Waals surface area (Å²) < 4.78 is 15.3. The van der Waals surface area contributed by atoms with Crippen LogP contribution in [0.2, 0.25) is 0 Å². The van der Waals surface area contributed by atoms with Gasteiger partial charge in [0.15, 0.2) is 0 Å². The van der Waals surface area contributed by atoms with Crippen LogP contribution in [0.1, 0.15) is 22.6 Å². The van der Waals surface area contributed by atoms with E-state index in [1.54, 1.807) is 12.1 Å². The monoisotopic (exact) mass is 464 g/mol. The summed E-state index contributed by atoms with van der Waals surface area (Å²) in [5, 5.41) is 0.